The highest BCUT2D eigenvalue weighted by Gasteiger charge is 2.06. The van der Waals surface area contributed by atoms with E-state index >= 15 is 0 Å². The molecule has 0 aliphatic carbocycles. The van der Waals surface area contributed by atoms with Gasteiger partial charge in [-0.3, -0.25) is 10.1 Å². The van der Waals surface area contributed by atoms with Crippen LogP contribution >= 0.6 is 0 Å². The maximum atomic E-state index is 10.5. The minimum atomic E-state index is -0.333. The summed E-state index contributed by atoms with van der Waals surface area (Å²) in [6, 6.07) is 7.65. The number of benzene rings is 1. The van der Waals surface area contributed by atoms with E-state index in [1.165, 1.54) is 0 Å². The van der Waals surface area contributed by atoms with Crippen molar-refractivity contribution in [3.8, 4) is 0 Å². The number of hydrogen-bond donors (Lipinski definition) is 0. The van der Waals surface area contributed by atoms with Crippen LogP contribution in [0, 0.1) is 17.0 Å². The largest absolute Gasteiger partial charge is 0.259 e. The normalized spacial score (nSPS) is 11.4. The molecule has 0 saturated heterocycles. The van der Waals surface area contributed by atoms with Crippen molar-refractivity contribution in [3.05, 3.63) is 51.2 Å². The van der Waals surface area contributed by atoms with Crippen molar-refractivity contribution in [1.29, 1.82) is 0 Å². The minimum absolute atomic E-state index is 0.244. The van der Waals surface area contributed by atoms with Gasteiger partial charge in [-0.05, 0) is 12.5 Å². The number of hydrogen-bond acceptors (Lipinski definition) is 2. The van der Waals surface area contributed by atoms with Crippen LogP contribution in [0.1, 0.15) is 24.5 Å². The van der Waals surface area contributed by atoms with Crippen molar-refractivity contribution < 1.29 is 4.92 Å². The molecule has 0 unspecified atom stereocenters. The van der Waals surface area contributed by atoms with E-state index in [1.54, 1.807) is 13.0 Å². The molecule has 14 heavy (non-hydrogen) atoms. The smallest absolute Gasteiger partial charge is 0.246 e. The van der Waals surface area contributed by atoms with Crippen LogP contribution in [0.4, 0.5) is 0 Å². The highest BCUT2D eigenvalue weighted by atomic mass is 16.6. The summed E-state index contributed by atoms with van der Waals surface area (Å²) in [6.07, 6.45) is 2.06. The molecular formula is C11H13NO2. The first kappa shape index (κ1) is 10.4. The molecule has 74 valence electrons. The number of rotatable bonds is 3. The highest BCUT2D eigenvalue weighted by molar-refractivity contribution is 5.51. The lowest BCUT2D eigenvalue weighted by Crippen LogP contribution is -1.96. The Labute approximate surface area is 83.2 Å². The molecular weight excluding hydrogens is 178 g/mol. The van der Waals surface area contributed by atoms with Gasteiger partial charge in [-0.15, -0.1) is 0 Å². The van der Waals surface area contributed by atoms with Crippen molar-refractivity contribution >= 4 is 6.08 Å². The van der Waals surface area contributed by atoms with Crippen molar-refractivity contribution in [2.75, 3.05) is 0 Å². The molecule has 0 N–H and O–H groups in total. The Hall–Kier alpha value is -1.64. The Morgan fingerprint density at radius 2 is 2.00 bits per heavy atom. The summed E-state index contributed by atoms with van der Waals surface area (Å²) >= 11 is 0. The molecule has 0 bridgehead atoms. The topological polar surface area (TPSA) is 43.1 Å². The SMILES string of the molecule is CC/C(=C\c1ccc(C)cc1)[N+](=O)[O-]. The summed E-state index contributed by atoms with van der Waals surface area (Å²) in [6.45, 7) is 3.77. The second-order valence-corrected chi connectivity index (χ2v) is 3.16. The first-order chi connectivity index (χ1) is 6.63. The van der Waals surface area contributed by atoms with Gasteiger partial charge in [0, 0.05) is 12.5 Å². The lowest BCUT2D eigenvalue weighted by Gasteiger charge is -1.96. The van der Waals surface area contributed by atoms with Crippen LogP contribution < -0.4 is 0 Å². The molecule has 1 aromatic carbocycles. The predicted molar refractivity (Wildman–Crippen MR) is 56.4 cm³/mol. The molecule has 0 heterocycles. The number of nitro groups is 1. The number of nitrogens with zero attached hydrogens (tertiary/aromatic N) is 1. The maximum Gasteiger partial charge on any atom is 0.246 e. The van der Waals surface area contributed by atoms with E-state index in [0.29, 0.717) is 6.42 Å². The molecule has 3 heteroatoms. The summed E-state index contributed by atoms with van der Waals surface area (Å²) in [5.41, 5.74) is 2.28. The second-order valence-electron chi connectivity index (χ2n) is 3.16. The van der Waals surface area contributed by atoms with E-state index in [9.17, 15) is 10.1 Å². The number of allylic oxidation sites excluding steroid dienone is 1. The average Bonchev–Trinajstić information content (AvgIpc) is 2.16. The van der Waals surface area contributed by atoms with Crippen LogP contribution in [0.25, 0.3) is 6.08 Å². The molecule has 0 aliphatic heterocycles. The van der Waals surface area contributed by atoms with Gasteiger partial charge >= 0.3 is 0 Å². The van der Waals surface area contributed by atoms with Gasteiger partial charge in [-0.2, -0.15) is 0 Å². The van der Waals surface area contributed by atoms with Crippen LogP contribution in [0.5, 0.6) is 0 Å². The third kappa shape index (κ3) is 2.69. The predicted octanol–water partition coefficient (Wildman–Crippen LogP) is 3.02. The zero-order chi connectivity index (χ0) is 10.6. The van der Waals surface area contributed by atoms with Crippen molar-refractivity contribution in [2.45, 2.75) is 20.3 Å². The number of aryl methyl sites for hydroxylation is 1. The quantitative estimate of drug-likeness (QED) is 0.544. The third-order valence-corrected chi connectivity index (χ3v) is 2.01. The lowest BCUT2D eigenvalue weighted by molar-refractivity contribution is -0.425. The first-order valence-corrected chi connectivity index (χ1v) is 4.55. The Balaban J connectivity index is 2.95. The summed E-state index contributed by atoms with van der Waals surface area (Å²) < 4.78 is 0. The minimum Gasteiger partial charge on any atom is -0.259 e. The van der Waals surface area contributed by atoms with Gasteiger partial charge in [0.15, 0.2) is 0 Å². The Morgan fingerprint density at radius 3 is 2.43 bits per heavy atom. The Bertz CT molecular complexity index is 352. The van der Waals surface area contributed by atoms with E-state index in [2.05, 4.69) is 0 Å². The molecule has 0 amide bonds. The second kappa shape index (κ2) is 4.56. The molecule has 0 spiro atoms. The summed E-state index contributed by atoms with van der Waals surface area (Å²) in [5.74, 6) is 0. The summed E-state index contributed by atoms with van der Waals surface area (Å²) in [7, 11) is 0. The van der Waals surface area contributed by atoms with Gasteiger partial charge in [-0.25, -0.2) is 0 Å². The van der Waals surface area contributed by atoms with Gasteiger partial charge in [0.1, 0.15) is 0 Å². The third-order valence-electron chi connectivity index (χ3n) is 2.01. The van der Waals surface area contributed by atoms with E-state index in [1.807, 2.05) is 31.2 Å². The fourth-order valence-electron chi connectivity index (χ4n) is 1.14. The van der Waals surface area contributed by atoms with Crippen LogP contribution in [-0.4, -0.2) is 4.92 Å². The molecule has 0 fully saturated rings. The molecule has 3 nitrogen and oxygen atoms in total. The Kier molecular flexibility index (Phi) is 3.40. The Morgan fingerprint density at radius 1 is 1.43 bits per heavy atom. The lowest BCUT2D eigenvalue weighted by atomic mass is 10.1. The molecule has 0 atom stereocenters. The van der Waals surface area contributed by atoms with Crippen LogP contribution in [0.2, 0.25) is 0 Å². The van der Waals surface area contributed by atoms with Crippen LogP contribution in [0.15, 0.2) is 30.0 Å². The van der Waals surface area contributed by atoms with Gasteiger partial charge in [0.05, 0.1) is 4.92 Å². The molecule has 0 radical (unpaired) electrons. The summed E-state index contributed by atoms with van der Waals surface area (Å²) in [5, 5.41) is 10.5. The van der Waals surface area contributed by atoms with Gasteiger partial charge in [-0.1, -0.05) is 36.8 Å². The van der Waals surface area contributed by atoms with E-state index < -0.39 is 0 Å². The summed E-state index contributed by atoms with van der Waals surface area (Å²) in [4.78, 5) is 10.2. The van der Waals surface area contributed by atoms with E-state index in [4.69, 9.17) is 0 Å². The van der Waals surface area contributed by atoms with Crippen LogP contribution in [0.3, 0.4) is 0 Å². The molecule has 0 aromatic heterocycles. The van der Waals surface area contributed by atoms with Gasteiger partial charge in [0.2, 0.25) is 5.70 Å². The molecule has 1 rings (SSSR count). The first-order valence-electron chi connectivity index (χ1n) is 4.55. The molecule has 0 aliphatic rings. The standard InChI is InChI=1S/C11H13NO2/c1-3-11(12(13)14)8-10-6-4-9(2)5-7-10/h4-8H,3H2,1-2H3/b11-8+. The zero-order valence-corrected chi connectivity index (χ0v) is 8.36. The molecule has 0 saturated carbocycles. The van der Waals surface area contributed by atoms with Crippen LogP contribution in [-0.2, 0) is 0 Å². The maximum absolute atomic E-state index is 10.5. The van der Waals surface area contributed by atoms with Gasteiger partial charge in [0.25, 0.3) is 0 Å². The zero-order valence-electron chi connectivity index (χ0n) is 8.36. The highest BCUT2D eigenvalue weighted by Crippen LogP contribution is 2.11. The van der Waals surface area contributed by atoms with E-state index in [-0.39, 0.29) is 10.6 Å². The fraction of sp³-hybridized carbons (Fsp3) is 0.273. The van der Waals surface area contributed by atoms with Gasteiger partial charge < -0.3 is 0 Å². The van der Waals surface area contributed by atoms with Crippen molar-refractivity contribution in [2.24, 2.45) is 0 Å². The average molecular weight is 191 g/mol. The molecule has 1 aromatic rings. The van der Waals surface area contributed by atoms with Crippen molar-refractivity contribution in [1.82, 2.24) is 0 Å². The van der Waals surface area contributed by atoms with Crippen molar-refractivity contribution in [3.63, 3.8) is 0 Å². The fourth-order valence-corrected chi connectivity index (χ4v) is 1.14. The van der Waals surface area contributed by atoms with E-state index in [0.717, 1.165) is 11.1 Å². The monoisotopic (exact) mass is 191 g/mol.